The molecule has 0 aromatic heterocycles. The van der Waals surface area contributed by atoms with Crippen molar-refractivity contribution in [2.45, 2.75) is 12.8 Å². The van der Waals surface area contributed by atoms with Crippen molar-refractivity contribution in [2.75, 3.05) is 6.86 Å². The van der Waals surface area contributed by atoms with Gasteiger partial charge in [0.1, 0.15) is 12.0 Å². The maximum Gasteiger partial charge on any atom is 0.228 e. The second-order valence-electron chi connectivity index (χ2n) is 2.68. The number of rotatable bonds is 5. The van der Waals surface area contributed by atoms with E-state index in [1.165, 1.54) is 0 Å². The lowest BCUT2D eigenvalue weighted by Gasteiger charge is -2.09. The quantitative estimate of drug-likeness (QED) is 0.762. The average molecular weight is 261 g/mol. The third kappa shape index (κ3) is 2.80. The van der Waals surface area contributed by atoms with Crippen LogP contribution in [0, 0.1) is 0 Å². The van der Waals surface area contributed by atoms with Gasteiger partial charge in [-0.2, -0.15) is 0 Å². The van der Waals surface area contributed by atoms with E-state index < -0.39 is 6.86 Å². The number of hydrogen-bond donors (Lipinski definition) is 0. The fraction of sp³-hybridized carbons (Fsp3) is 0.300. The number of carbonyl (C=O) groups excluding carboxylic acids is 1. The van der Waals surface area contributed by atoms with E-state index in [1.807, 2.05) is 6.07 Å². The van der Waals surface area contributed by atoms with E-state index in [9.17, 15) is 9.18 Å². The highest BCUT2D eigenvalue weighted by atomic mass is 79.9. The molecule has 2 nitrogen and oxygen atoms in total. The molecule has 0 spiro atoms. The van der Waals surface area contributed by atoms with Crippen LogP contribution in [-0.2, 0) is 11.2 Å². The van der Waals surface area contributed by atoms with Crippen LogP contribution in [0.2, 0.25) is 0 Å². The number of carbonyl (C=O) groups is 1. The molecule has 0 N–H and O–H groups in total. The first-order chi connectivity index (χ1) is 6.79. The van der Waals surface area contributed by atoms with Gasteiger partial charge in [-0.15, -0.1) is 0 Å². The topological polar surface area (TPSA) is 26.3 Å². The van der Waals surface area contributed by atoms with Gasteiger partial charge in [-0.25, -0.2) is 4.39 Å². The second-order valence-corrected chi connectivity index (χ2v) is 3.53. The number of aldehydes is 1. The molecular formula is C10H10BrFO2. The summed E-state index contributed by atoms with van der Waals surface area (Å²) in [5.74, 6) is 0.490. The minimum atomic E-state index is -0.857. The van der Waals surface area contributed by atoms with Crippen molar-refractivity contribution in [2.24, 2.45) is 0 Å². The first kappa shape index (κ1) is 11.2. The number of hydrogen-bond acceptors (Lipinski definition) is 2. The molecule has 0 saturated carbocycles. The van der Waals surface area contributed by atoms with Gasteiger partial charge < -0.3 is 9.53 Å². The Labute approximate surface area is 90.2 Å². The first-order valence-electron chi connectivity index (χ1n) is 4.19. The van der Waals surface area contributed by atoms with Crippen LogP contribution in [0.1, 0.15) is 12.0 Å². The van der Waals surface area contributed by atoms with Crippen molar-refractivity contribution in [1.29, 1.82) is 0 Å². The number of ether oxygens (including phenoxy) is 1. The van der Waals surface area contributed by atoms with Crippen molar-refractivity contribution < 1.29 is 13.9 Å². The van der Waals surface area contributed by atoms with Gasteiger partial charge in [-0.1, -0.05) is 22.0 Å². The van der Waals surface area contributed by atoms with Crippen LogP contribution in [0.4, 0.5) is 4.39 Å². The Morgan fingerprint density at radius 2 is 2.29 bits per heavy atom. The summed E-state index contributed by atoms with van der Waals surface area (Å²) in [5.41, 5.74) is 0.831. The molecule has 4 heteroatoms. The van der Waals surface area contributed by atoms with Gasteiger partial charge in [-0.3, -0.25) is 0 Å². The molecule has 0 fully saturated rings. The largest absolute Gasteiger partial charge is 0.463 e. The summed E-state index contributed by atoms with van der Waals surface area (Å²) in [6.07, 6.45) is 1.80. The lowest BCUT2D eigenvalue weighted by molar-refractivity contribution is -0.107. The van der Waals surface area contributed by atoms with Crippen LogP contribution in [0.3, 0.4) is 0 Å². The van der Waals surface area contributed by atoms with Gasteiger partial charge in [0, 0.05) is 16.5 Å². The van der Waals surface area contributed by atoms with E-state index >= 15 is 0 Å². The van der Waals surface area contributed by atoms with Crippen LogP contribution < -0.4 is 4.74 Å². The van der Waals surface area contributed by atoms with Crippen LogP contribution >= 0.6 is 15.9 Å². The summed E-state index contributed by atoms with van der Waals surface area (Å²) in [7, 11) is 0. The van der Waals surface area contributed by atoms with Gasteiger partial charge >= 0.3 is 0 Å². The highest BCUT2D eigenvalue weighted by molar-refractivity contribution is 9.10. The van der Waals surface area contributed by atoms with E-state index in [1.54, 1.807) is 12.1 Å². The SMILES string of the molecule is O=CCCc1c(Br)cccc1OCF. The van der Waals surface area contributed by atoms with Crippen molar-refractivity contribution in [3.8, 4) is 5.75 Å². The molecule has 14 heavy (non-hydrogen) atoms. The standard InChI is InChI=1S/C10H10BrFO2/c11-9-4-1-5-10(14-7-12)8(9)3-2-6-13/h1,4-6H,2-3,7H2. The highest BCUT2D eigenvalue weighted by Gasteiger charge is 2.06. The average Bonchev–Trinajstić information content (AvgIpc) is 2.18. The first-order valence-corrected chi connectivity index (χ1v) is 4.98. The number of benzene rings is 1. The molecule has 0 bridgehead atoms. The fourth-order valence-electron chi connectivity index (χ4n) is 1.18. The molecular weight excluding hydrogens is 251 g/mol. The van der Waals surface area contributed by atoms with Gasteiger partial charge in [-0.05, 0) is 18.6 Å². The Bertz CT molecular complexity index is 315. The van der Waals surface area contributed by atoms with E-state index in [4.69, 9.17) is 4.74 Å². The molecule has 1 rings (SSSR count). The molecule has 0 aliphatic rings. The van der Waals surface area contributed by atoms with Crippen LogP contribution in [0.5, 0.6) is 5.75 Å². The molecule has 0 unspecified atom stereocenters. The maximum atomic E-state index is 12.0. The Balaban J connectivity index is 2.89. The van der Waals surface area contributed by atoms with Crippen molar-refractivity contribution in [3.05, 3.63) is 28.2 Å². The van der Waals surface area contributed by atoms with Crippen LogP contribution in [-0.4, -0.2) is 13.1 Å². The van der Waals surface area contributed by atoms with Gasteiger partial charge in [0.25, 0.3) is 0 Å². The van der Waals surface area contributed by atoms with Gasteiger partial charge in [0.05, 0.1) is 0 Å². The van der Waals surface area contributed by atoms with Crippen LogP contribution in [0.25, 0.3) is 0 Å². The molecule has 0 heterocycles. The summed E-state index contributed by atoms with van der Waals surface area (Å²) in [4.78, 5) is 10.2. The zero-order valence-corrected chi connectivity index (χ0v) is 9.09. The summed E-state index contributed by atoms with van der Waals surface area (Å²) >= 11 is 3.33. The lowest BCUT2D eigenvalue weighted by Crippen LogP contribution is -1.97. The Kier molecular flexibility index (Phi) is 4.59. The molecule has 1 aromatic rings. The van der Waals surface area contributed by atoms with Gasteiger partial charge in [0.15, 0.2) is 0 Å². The number of halogens is 2. The molecule has 0 aliphatic heterocycles. The van der Waals surface area contributed by atoms with Crippen molar-refractivity contribution in [3.63, 3.8) is 0 Å². The number of alkyl halides is 1. The summed E-state index contributed by atoms with van der Waals surface area (Å²) in [6, 6.07) is 5.29. The van der Waals surface area contributed by atoms with Gasteiger partial charge in [0.2, 0.25) is 6.86 Å². The highest BCUT2D eigenvalue weighted by Crippen LogP contribution is 2.27. The zero-order chi connectivity index (χ0) is 10.4. The monoisotopic (exact) mass is 260 g/mol. The zero-order valence-electron chi connectivity index (χ0n) is 7.50. The smallest absolute Gasteiger partial charge is 0.228 e. The Hall–Kier alpha value is -0.900. The third-order valence-electron chi connectivity index (χ3n) is 1.80. The van der Waals surface area contributed by atoms with E-state index in [-0.39, 0.29) is 0 Å². The Morgan fingerprint density at radius 3 is 2.93 bits per heavy atom. The van der Waals surface area contributed by atoms with E-state index in [2.05, 4.69) is 15.9 Å². The lowest BCUT2D eigenvalue weighted by atomic mass is 10.1. The predicted octanol–water partition coefficient (Wildman–Crippen LogP) is 2.89. The second kappa shape index (κ2) is 5.75. The molecule has 0 saturated heterocycles. The van der Waals surface area contributed by atoms with E-state index in [0.717, 1.165) is 16.3 Å². The van der Waals surface area contributed by atoms with Crippen molar-refractivity contribution >= 4 is 22.2 Å². The molecule has 0 aliphatic carbocycles. The maximum absolute atomic E-state index is 12.0. The predicted molar refractivity (Wildman–Crippen MR) is 55.1 cm³/mol. The summed E-state index contributed by atoms with van der Waals surface area (Å²) < 4.78 is 17.6. The molecule has 0 amide bonds. The minimum Gasteiger partial charge on any atom is -0.463 e. The normalized spacial score (nSPS) is 9.86. The van der Waals surface area contributed by atoms with Crippen molar-refractivity contribution in [1.82, 2.24) is 0 Å². The van der Waals surface area contributed by atoms with Crippen LogP contribution in [0.15, 0.2) is 22.7 Å². The fourth-order valence-corrected chi connectivity index (χ4v) is 1.73. The minimum absolute atomic E-state index is 0.408. The molecule has 0 radical (unpaired) electrons. The summed E-state index contributed by atoms with van der Waals surface area (Å²) in [6.45, 7) is -0.857. The molecule has 0 atom stereocenters. The van der Waals surface area contributed by atoms with E-state index in [0.29, 0.717) is 18.6 Å². The molecule has 1 aromatic carbocycles. The molecule has 76 valence electrons. The Morgan fingerprint density at radius 1 is 1.50 bits per heavy atom. The summed E-state index contributed by atoms with van der Waals surface area (Å²) in [5, 5.41) is 0. The third-order valence-corrected chi connectivity index (χ3v) is 2.54.